The van der Waals surface area contributed by atoms with Gasteiger partial charge >= 0.3 is 0 Å². The summed E-state index contributed by atoms with van der Waals surface area (Å²) in [5.41, 5.74) is 6.49. The first-order valence-corrected chi connectivity index (χ1v) is 5.21. The fourth-order valence-corrected chi connectivity index (χ4v) is 1.35. The van der Waals surface area contributed by atoms with Gasteiger partial charge in [-0.15, -0.1) is 0 Å². The molecule has 0 spiro atoms. The van der Waals surface area contributed by atoms with Crippen molar-refractivity contribution in [2.24, 2.45) is 0 Å². The summed E-state index contributed by atoms with van der Waals surface area (Å²) in [7, 11) is 0. The van der Waals surface area contributed by atoms with Gasteiger partial charge in [0.25, 0.3) is 0 Å². The first kappa shape index (κ1) is 10.8. The number of anilines is 2. The van der Waals surface area contributed by atoms with Crippen molar-refractivity contribution in [2.75, 3.05) is 11.1 Å². The lowest BCUT2D eigenvalue weighted by molar-refractivity contribution is 0.643. The number of hydrogen-bond acceptors (Lipinski definition) is 3. The maximum absolute atomic E-state index is 5.77. The second-order valence-electron chi connectivity index (χ2n) is 3.63. The highest BCUT2D eigenvalue weighted by atomic mass is 15.0. The fourth-order valence-electron chi connectivity index (χ4n) is 1.35. The van der Waals surface area contributed by atoms with Crippen LogP contribution >= 0.6 is 0 Å². The molecule has 0 saturated carbocycles. The van der Waals surface area contributed by atoms with Crippen molar-refractivity contribution in [3.63, 3.8) is 0 Å². The van der Waals surface area contributed by atoms with Crippen LogP contribution in [-0.4, -0.2) is 11.0 Å². The molecule has 78 valence electrons. The van der Waals surface area contributed by atoms with Crippen molar-refractivity contribution in [1.82, 2.24) is 4.98 Å². The summed E-state index contributed by atoms with van der Waals surface area (Å²) in [6.07, 6.45) is 5.38. The molecule has 3 heteroatoms. The first-order valence-electron chi connectivity index (χ1n) is 5.21. The van der Waals surface area contributed by atoms with Gasteiger partial charge in [-0.2, -0.15) is 0 Å². The molecule has 0 amide bonds. The maximum Gasteiger partial charge on any atom is 0.149 e. The van der Waals surface area contributed by atoms with E-state index in [0.717, 1.165) is 17.9 Å². The van der Waals surface area contributed by atoms with Crippen LogP contribution in [0.2, 0.25) is 0 Å². The topological polar surface area (TPSA) is 50.9 Å². The summed E-state index contributed by atoms with van der Waals surface area (Å²) in [6, 6.07) is 4.14. The maximum atomic E-state index is 5.77. The third kappa shape index (κ3) is 3.24. The van der Waals surface area contributed by atoms with Gasteiger partial charge in [-0.3, -0.25) is 0 Å². The van der Waals surface area contributed by atoms with Crippen molar-refractivity contribution < 1.29 is 0 Å². The first-order chi connectivity index (χ1) is 6.74. The van der Waals surface area contributed by atoms with Crippen LogP contribution < -0.4 is 11.1 Å². The van der Waals surface area contributed by atoms with Crippen molar-refractivity contribution in [3.8, 4) is 0 Å². The number of rotatable bonds is 5. The Hall–Kier alpha value is -1.25. The van der Waals surface area contributed by atoms with E-state index in [-0.39, 0.29) is 0 Å². The number of pyridine rings is 1. The molecular weight excluding hydrogens is 174 g/mol. The van der Waals surface area contributed by atoms with Gasteiger partial charge in [0.05, 0.1) is 5.69 Å². The Balaban J connectivity index is 2.47. The van der Waals surface area contributed by atoms with Gasteiger partial charge in [-0.1, -0.05) is 19.8 Å². The zero-order valence-electron chi connectivity index (χ0n) is 8.96. The highest BCUT2D eigenvalue weighted by Gasteiger charge is 2.04. The van der Waals surface area contributed by atoms with Gasteiger partial charge < -0.3 is 11.1 Å². The summed E-state index contributed by atoms with van der Waals surface area (Å²) < 4.78 is 0. The Labute approximate surface area is 85.7 Å². The van der Waals surface area contributed by atoms with Crippen LogP contribution in [0.5, 0.6) is 0 Å². The lowest BCUT2D eigenvalue weighted by Gasteiger charge is -2.14. The van der Waals surface area contributed by atoms with Crippen molar-refractivity contribution in [2.45, 2.75) is 39.2 Å². The summed E-state index contributed by atoms with van der Waals surface area (Å²) >= 11 is 0. The lowest BCUT2D eigenvalue weighted by Crippen LogP contribution is -2.16. The molecule has 1 aromatic rings. The average Bonchev–Trinajstić information content (AvgIpc) is 2.18. The minimum Gasteiger partial charge on any atom is -0.396 e. The summed E-state index contributed by atoms with van der Waals surface area (Å²) in [5, 5.41) is 3.31. The number of nitrogens with one attached hydrogen (secondary N) is 1. The number of nitrogens with two attached hydrogens (primary N) is 1. The lowest BCUT2D eigenvalue weighted by atomic mass is 10.1. The molecule has 0 radical (unpaired) electrons. The zero-order valence-corrected chi connectivity index (χ0v) is 8.96. The van der Waals surface area contributed by atoms with Crippen molar-refractivity contribution >= 4 is 11.5 Å². The molecule has 0 bridgehead atoms. The van der Waals surface area contributed by atoms with Crippen molar-refractivity contribution in [3.05, 3.63) is 18.3 Å². The predicted octanol–water partition coefficient (Wildman–Crippen LogP) is 2.65. The number of nitrogens with zero attached hydrogens (tertiary/aromatic N) is 1. The highest BCUT2D eigenvalue weighted by Crippen LogP contribution is 2.15. The van der Waals surface area contributed by atoms with Crippen LogP contribution in [0.15, 0.2) is 18.3 Å². The molecule has 0 aliphatic carbocycles. The normalized spacial score (nSPS) is 12.4. The zero-order chi connectivity index (χ0) is 10.4. The second-order valence-corrected chi connectivity index (χ2v) is 3.63. The monoisotopic (exact) mass is 193 g/mol. The SMILES string of the molecule is CCCCC(C)Nc1ncccc1N. The Morgan fingerprint density at radius 1 is 1.57 bits per heavy atom. The molecule has 3 N–H and O–H groups in total. The third-order valence-corrected chi connectivity index (χ3v) is 2.21. The molecule has 0 saturated heterocycles. The minimum absolute atomic E-state index is 0.437. The largest absolute Gasteiger partial charge is 0.396 e. The van der Waals surface area contributed by atoms with E-state index in [4.69, 9.17) is 5.73 Å². The van der Waals surface area contributed by atoms with E-state index >= 15 is 0 Å². The molecule has 1 atom stereocenters. The average molecular weight is 193 g/mol. The molecule has 3 nitrogen and oxygen atoms in total. The molecule has 1 aromatic heterocycles. The number of nitrogen functional groups attached to an aromatic ring is 1. The predicted molar refractivity (Wildman–Crippen MR) is 61.3 cm³/mol. The highest BCUT2D eigenvalue weighted by molar-refractivity contribution is 5.60. The summed E-state index contributed by atoms with van der Waals surface area (Å²) in [5.74, 6) is 0.802. The second kappa shape index (κ2) is 5.47. The minimum atomic E-state index is 0.437. The van der Waals surface area contributed by atoms with Gasteiger partial charge in [-0.05, 0) is 25.5 Å². The number of aromatic nitrogens is 1. The van der Waals surface area contributed by atoms with E-state index in [2.05, 4.69) is 24.1 Å². The van der Waals surface area contributed by atoms with Gasteiger partial charge in [0.15, 0.2) is 0 Å². The van der Waals surface area contributed by atoms with Gasteiger partial charge in [-0.25, -0.2) is 4.98 Å². The van der Waals surface area contributed by atoms with E-state index in [1.54, 1.807) is 6.20 Å². The van der Waals surface area contributed by atoms with E-state index in [0.29, 0.717) is 6.04 Å². The molecule has 1 rings (SSSR count). The number of unbranched alkanes of at least 4 members (excludes halogenated alkanes) is 1. The van der Waals surface area contributed by atoms with E-state index in [9.17, 15) is 0 Å². The molecule has 1 heterocycles. The Bertz CT molecular complexity index is 273. The molecule has 0 aliphatic rings. The Kier molecular flexibility index (Phi) is 4.23. The van der Waals surface area contributed by atoms with Gasteiger partial charge in [0.1, 0.15) is 5.82 Å². The molecule has 0 fully saturated rings. The van der Waals surface area contributed by atoms with Gasteiger partial charge in [0.2, 0.25) is 0 Å². The molecule has 0 aromatic carbocycles. The van der Waals surface area contributed by atoms with E-state index in [1.807, 2.05) is 12.1 Å². The Morgan fingerprint density at radius 3 is 3.00 bits per heavy atom. The standard InChI is InChI=1S/C11H19N3/c1-3-4-6-9(2)14-11-10(12)7-5-8-13-11/h5,7-9H,3-4,6,12H2,1-2H3,(H,13,14). The molecular formula is C11H19N3. The van der Waals surface area contributed by atoms with Crippen LogP contribution in [0.3, 0.4) is 0 Å². The van der Waals surface area contributed by atoms with Crippen molar-refractivity contribution in [1.29, 1.82) is 0 Å². The van der Waals surface area contributed by atoms with E-state index < -0.39 is 0 Å². The van der Waals surface area contributed by atoms with E-state index in [1.165, 1.54) is 12.8 Å². The third-order valence-electron chi connectivity index (χ3n) is 2.21. The quantitative estimate of drug-likeness (QED) is 0.755. The van der Waals surface area contributed by atoms with Crippen LogP contribution in [0, 0.1) is 0 Å². The number of hydrogen-bond donors (Lipinski definition) is 2. The van der Waals surface area contributed by atoms with Crippen LogP contribution in [0.1, 0.15) is 33.1 Å². The summed E-state index contributed by atoms with van der Waals surface area (Å²) in [6.45, 7) is 4.35. The smallest absolute Gasteiger partial charge is 0.149 e. The molecule has 14 heavy (non-hydrogen) atoms. The Morgan fingerprint density at radius 2 is 2.36 bits per heavy atom. The van der Waals surface area contributed by atoms with Crippen LogP contribution in [0.4, 0.5) is 11.5 Å². The fraction of sp³-hybridized carbons (Fsp3) is 0.545. The van der Waals surface area contributed by atoms with Crippen LogP contribution in [0.25, 0.3) is 0 Å². The molecule has 1 unspecified atom stereocenters. The van der Waals surface area contributed by atoms with Crippen LogP contribution in [-0.2, 0) is 0 Å². The molecule has 0 aliphatic heterocycles. The van der Waals surface area contributed by atoms with Gasteiger partial charge in [0, 0.05) is 12.2 Å². The summed E-state index contributed by atoms with van der Waals surface area (Å²) in [4.78, 5) is 4.19.